The molecule has 4 rings (SSSR count). The lowest BCUT2D eigenvalue weighted by Gasteiger charge is -2.41. The molecule has 0 spiro atoms. The van der Waals surface area contributed by atoms with Gasteiger partial charge in [0.1, 0.15) is 10.7 Å². The number of para-hydroxylation sites is 1. The smallest absolute Gasteiger partial charge is 0.367 e. The summed E-state index contributed by atoms with van der Waals surface area (Å²) >= 11 is 1.30. The molecule has 0 bridgehead atoms. The number of aliphatic imine (C=N–C) groups is 1. The quantitative estimate of drug-likeness (QED) is 0.603. The third kappa shape index (κ3) is 4.19. The Morgan fingerprint density at radius 3 is 3.03 bits per heavy atom. The van der Waals surface area contributed by atoms with Crippen LogP contribution in [-0.4, -0.2) is 75.1 Å². The highest BCUT2D eigenvalue weighted by Crippen LogP contribution is 2.42. The van der Waals surface area contributed by atoms with Gasteiger partial charge in [0.2, 0.25) is 5.01 Å². The fourth-order valence-corrected chi connectivity index (χ4v) is 4.63. The molecule has 8 nitrogen and oxygen atoms in total. The molecule has 9 heteroatoms. The SMILES string of the molecule is CCOC(=O)c1nc2c(s1)Nc1c(cccc1N1CCN(C)C(CCOC)C1)N=C2. The Bertz CT molecular complexity index is 945. The first-order valence-corrected chi connectivity index (χ1v) is 11.0. The minimum atomic E-state index is -0.403. The van der Waals surface area contributed by atoms with Gasteiger partial charge in [-0.3, -0.25) is 9.89 Å². The Hall–Kier alpha value is -2.49. The summed E-state index contributed by atoms with van der Waals surface area (Å²) < 4.78 is 10.4. The zero-order valence-electron chi connectivity index (χ0n) is 17.6. The third-order valence-corrected chi connectivity index (χ3v) is 6.43. The zero-order chi connectivity index (χ0) is 21.1. The number of hydrogen-bond acceptors (Lipinski definition) is 9. The van der Waals surface area contributed by atoms with Crippen molar-refractivity contribution >= 4 is 45.6 Å². The van der Waals surface area contributed by atoms with E-state index in [-0.39, 0.29) is 0 Å². The van der Waals surface area contributed by atoms with Crippen LogP contribution in [-0.2, 0) is 9.47 Å². The van der Waals surface area contributed by atoms with Crippen molar-refractivity contribution in [3.05, 3.63) is 28.9 Å². The standard InChI is InChI=1S/C21H27N5O3S/c1-4-29-21(27)20-23-16-12-22-15-6-5-7-17(18(15)24-19(16)30-20)26-10-9-25(2)14(13-26)8-11-28-3/h5-7,12,14,24H,4,8-11,13H2,1-3H3. The second-order valence-electron chi connectivity index (χ2n) is 7.37. The van der Waals surface area contributed by atoms with Crippen molar-refractivity contribution in [1.82, 2.24) is 9.88 Å². The number of nitrogens with one attached hydrogen (secondary N) is 1. The van der Waals surface area contributed by atoms with Crippen LogP contribution in [0.3, 0.4) is 0 Å². The van der Waals surface area contributed by atoms with Gasteiger partial charge >= 0.3 is 5.97 Å². The van der Waals surface area contributed by atoms with Crippen molar-refractivity contribution in [2.45, 2.75) is 19.4 Å². The van der Waals surface area contributed by atoms with Crippen LogP contribution in [0.2, 0.25) is 0 Å². The van der Waals surface area contributed by atoms with Crippen LogP contribution in [0.15, 0.2) is 23.2 Å². The maximum atomic E-state index is 12.1. The molecule has 0 radical (unpaired) electrons. The molecule has 2 aliphatic heterocycles. The lowest BCUT2D eigenvalue weighted by atomic mass is 10.1. The molecule has 1 saturated heterocycles. The molecule has 1 atom stereocenters. The van der Waals surface area contributed by atoms with Gasteiger partial charge in [-0.25, -0.2) is 9.78 Å². The minimum Gasteiger partial charge on any atom is -0.461 e. The van der Waals surface area contributed by atoms with Crippen LogP contribution in [0.1, 0.15) is 28.8 Å². The number of rotatable bonds is 6. The molecule has 2 aromatic rings. The molecule has 160 valence electrons. The van der Waals surface area contributed by atoms with Gasteiger partial charge < -0.3 is 19.7 Å². The number of methoxy groups -OCH3 is 1. The molecule has 1 fully saturated rings. The van der Waals surface area contributed by atoms with Gasteiger partial charge in [-0.2, -0.15) is 0 Å². The monoisotopic (exact) mass is 429 g/mol. The van der Waals surface area contributed by atoms with Gasteiger partial charge in [0.25, 0.3) is 0 Å². The number of anilines is 3. The van der Waals surface area contributed by atoms with Gasteiger partial charge in [0.05, 0.1) is 29.9 Å². The summed E-state index contributed by atoms with van der Waals surface area (Å²) in [7, 11) is 3.92. The Morgan fingerprint density at radius 2 is 2.23 bits per heavy atom. The number of thiazole rings is 1. The summed E-state index contributed by atoms with van der Waals surface area (Å²) in [6.45, 7) is 5.70. The number of nitrogens with zero attached hydrogens (tertiary/aromatic N) is 4. The number of likely N-dealkylation sites (N-methyl/N-ethyl adjacent to an activating group) is 1. The molecule has 0 amide bonds. The van der Waals surface area contributed by atoms with Gasteiger partial charge in [-0.05, 0) is 32.5 Å². The average molecular weight is 430 g/mol. The second-order valence-corrected chi connectivity index (χ2v) is 8.37. The summed E-state index contributed by atoms with van der Waals surface area (Å²) in [5.74, 6) is -0.403. The number of fused-ring (bicyclic) bond motifs is 2. The van der Waals surface area contributed by atoms with Crippen molar-refractivity contribution in [3.63, 3.8) is 0 Å². The van der Waals surface area contributed by atoms with Crippen LogP contribution >= 0.6 is 11.3 Å². The highest BCUT2D eigenvalue weighted by Gasteiger charge is 2.27. The van der Waals surface area contributed by atoms with E-state index >= 15 is 0 Å². The van der Waals surface area contributed by atoms with Crippen molar-refractivity contribution in [1.29, 1.82) is 0 Å². The van der Waals surface area contributed by atoms with E-state index in [9.17, 15) is 4.79 Å². The molecule has 1 aromatic carbocycles. The van der Waals surface area contributed by atoms with E-state index in [1.807, 2.05) is 12.1 Å². The molecule has 0 aliphatic carbocycles. The molecule has 3 heterocycles. The number of benzene rings is 1. The molecule has 1 N–H and O–H groups in total. The number of carbonyl (C=O) groups is 1. The first-order chi connectivity index (χ1) is 14.6. The lowest BCUT2D eigenvalue weighted by Crippen LogP contribution is -2.52. The van der Waals surface area contributed by atoms with Crippen molar-refractivity contribution in [3.8, 4) is 0 Å². The highest BCUT2D eigenvalue weighted by atomic mass is 32.1. The average Bonchev–Trinajstić information content (AvgIpc) is 3.07. The van der Waals surface area contributed by atoms with E-state index in [1.165, 1.54) is 11.3 Å². The Kier molecular flexibility index (Phi) is 6.31. The maximum absolute atomic E-state index is 12.1. The summed E-state index contributed by atoms with van der Waals surface area (Å²) in [6, 6.07) is 6.58. The maximum Gasteiger partial charge on any atom is 0.367 e. The fourth-order valence-electron chi connectivity index (χ4n) is 3.79. The van der Waals surface area contributed by atoms with Crippen LogP contribution in [0.25, 0.3) is 0 Å². The summed E-state index contributed by atoms with van der Waals surface area (Å²) in [4.78, 5) is 25.9. The molecule has 1 unspecified atom stereocenters. The number of piperazine rings is 1. The molecular formula is C21H27N5O3S. The fraction of sp³-hybridized carbons (Fsp3) is 0.476. The van der Waals surface area contributed by atoms with E-state index < -0.39 is 5.97 Å². The van der Waals surface area contributed by atoms with E-state index in [4.69, 9.17) is 9.47 Å². The molecule has 1 aromatic heterocycles. The molecular weight excluding hydrogens is 402 g/mol. The first kappa shape index (κ1) is 20.8. The number of aromatic nitrogens is 1. The largest absolute Gasteiger partial charge is 0.461 e. The summed E-state index contributed by atoms with van der Waals surface area (Å²) in [5.41, 5.74) is 3.57. The Morgan fingerprint density at radius 1 is 1.37 bits per heavy atom. The Labute approximate surface area is 180 Å². The number of hydrogen-bond donors (Lipinski definition) is 1. The van der Waals surface area contributed by atoms with E-state index in [1.54, 1.807) is 20.2 Å². The summed E-state index contributed by atoms with van der Waals surface area (Å²) in [5, 5.41) is 4.64. The molecule has 0 saturated carbocycles. The minimum absolute atomic E-state index is 0.325. The lowest BCUT2D eigenvalue weighted by molar-refractivity contribution is 0.0526. The topological polar surface area (TPSA) is 79.3 Å². The molecule has 2 aliphatic rings. The van der Waals surface area contributed by atoms with Crippen LogP contribution < -0.4 is 10.2 Å². The van der Waals surface area contributed by atoms with E-state index in [0.29, 0.717) is 23.4 Å². The summed E-state index contributed by atoms with van der Waals surface area (Å²) in [6.07, 6.45) is 2.70. The zero-order valence-corrected chi connectivity index (χ0v) is 18.4. The number of esters is 1. The van der Waals surface area contributed by atoms with E-state index in [2.05, 4.69) is 38.2 Å². The van der Waals surface area contributed by atoms with Gasteiger partial charge in [-0.1, -0.05) is 17.4 Å². The van der Waals surface area contributed by atoms with Gasteiger partial charge in [0.15, 0.2) is 0 Å². The van der Waals surface area contributed by atoms with Crippen LogP contribution in [0.5, 0.6) is 0 Å². The normalized spacial score (nSPS) is 18.4. The highest BCUT2D eigenvalue weighted by molar-refractivity contribution is 7.17. The van der Waals surface area contributed by atoms with E-state index in [0.717, 1.165) is 54.7 Å². The number of carbonyl (C=O) groups excluding carboxylic acids is 1. The second kappa shape index (κ2) is 9.11. The number of ether oxygens (including phenoxy) is 2. The van der Waals surface area contributed by atoms with Crippen LogP contribution in [0.4, 0.5) is 22.1 Å². The Balaban J connectivity index is 1.62. The van der Waals surface area contributed by atoms with Crippen molar-refractivity contribution < 1.29 is 14.3 Å². The van der Waals surface area contributed by atoms with Crippen molar-refractivity contribution in [2.75, 3.05) is 57.2 Å². The van der Waals surface area contributed by atoms with Gasteiger partial charge in [-0.15, -0.1) is 0 Å². The van der Waals surface area contributed by atoms with Gasteiger partial charge in [0, 0.05) is 39.4 Å². The van der Waals surface area contributed by atoms with Crippen LogP contribution in [0, 0.1) is 0 Å². The van der Waals surface area contributed by atoms with Crippen molar-refractivity contribution in [2.24, 2.45) is 4.99 Å². The third-order valence-electron chi connectivity index (χ3n) is 5.46. The first-order valence-electron chi connectivity index (χ1n) is 10.2. The predicted octanol–water partition coefficient (Wildman–Crippen LogP) is 3.28. The predicted molar refractivity (Wildman–Crippen MR) is 120 cm³/mol. The molecule has 30 heavy (non-hydrogen) atoms.